The number of amides is 1. The van der Waals surface area contributed by atoms with E-state index >= 15 is 0 Å². The number of hydrogen-bond acceptors (Lipinski definition) is 9. The van der Waals surface area contributed by atoms with Gasteiger partial charge in [-0.15, -0.1) is 0 Å². The summed E-state index contributed by atoms with van der Waals surface area (Å²) in [5.74, 6) is 1.81. The van der Waals surface area contributed by atoms with Gasteiger partial charge < -0.3 is 35.1 Å². The smallest absolute Gasteiger partial charge is 0.328 e. The minimum absolute atomic E-state index is 0.131. The monoisotopic (exact) mass is 828 g/mol. The van der Waals surface area contributed by atoms with Crippen LogP contribution < -0.4 is 30.0 Å². The van der Waals surface area contributed by atoms with Crippen molar-refractivity contribution < 1.29 is 33.6 Å². The van der Waals surface area contributed by atoms with Crippen LogP contribution in [0.15, 0.2) is 134 Å². The first-order valence-electron chi connectivity index (χ1n) is 20.0. The predicted molar refractivity (Wildman–Crippen MR) is 239 cm³/mol. The maximum absolute atomic E-state index is 12.0. The van der Waals surface area contributed by atoms with E-state index in [1.54, 1.807) is 43.6 Å². The van der Waals surface area contributed by atoms with Crippen LogP contribution in [-0.2, 0) is 48.7 Å². The molecule has 4 N–H and O–H groups in total. The van der Waals surface area contributed by atoms with Crippen molar-refractivity contribution >= 4 is 24.0 Å². The summed E-state index contributed by atoms with van der Waals surface area (Å²) in [4.78, 5) is 22.2. The molecule has 0 aliphatic rings. The van der Waals surface area contributed by atoms with Crippen LogP contribution >= 0.6 is 0 Å². The van der Waals surface area contributed by atoms with Gasteiger partial charge in [0.1, 0.15) is 13.2 Å². The Labute approximate surface area is 358 Å². The number of ether oxygens (including phenoxy) is 4. The molecule has 0 aliphatic carbocycles. The number of carboxylic acid groups (broad SMARTS) is 1. The van der Waals surface area contributed by atoms with Gasteiger partial charge in [-0.05, 0) is 91.9 Å². The molecule has 61 heavy (non-hydrogen) atoms. The van der Waals surface area contributed by atoms with Crippen molar-refractivity contribution in [2.45, 2.75) is 53.0 Å². The summed E-state index contributed by atoms with van der Waals surface area (Å²) in [6, 6.07) is 31.8. The molecule has 0 atom stereocenters. The molecular weight excluding hydrogens is 773 g/mol. The fourth-order valence-electron chi connectivity index (χ4n) is 5.62. The zero-order valence-corrected chi connectivity index (χ0v) is 35.3. The fraction of sp³-hybridized carbons (Fsp3) is 0.250. The third-order valence-electron chi connectivity index (χ3n) is 8.88. The predicted octanol–water partition coefficient (Wildman–Crippen LogP) is 7.64. The first-order chi connectivity index (χ1) is 29.7. The number of aliphatic carboxylic acids is 1. The molecule has 320 valence electrons. The highest BCUT2D eigenvalue weighted by atomic mass is 16.5. The second-order valence-corrected chi connectivity index (χ2v) is 13.4. The molecule has 13 nitrogen and oxygen atoms in total. The quantitative estimate of drug-likeness (QED) is 0.0692. The number of benzene rings is 4. The van der Waals surface area contributed by atoms with Gasteiger partial charge in [0.15, 0.2) is 23.0 Å². The lowest BCUT2D eigenvalue weighted by molar-refractivity contribution is -0.131. The largest absolute Gasteiger partial charge is 0.493 e. The van der Waals surface area contributed by atoms with Gasteiger partial charge in [-0.3, -0.25) is 14.2 Å². The van der Waals surface area contributed by atoms with E-state index in [2.05, 4.69) is 15.5 Å². The third kappa shape index (κ3) is 16.9. The molecule has 13 heteroatoms. The molecule has 0 aliphatic heterocycles. The van der Waals surface area contributed by atoms with Crippen LogP contribution in [0, 0.1) is 0 Å². The van der Waals surface area contributed by atoms with Crippen LogP contribution in [0.2, 0.25) is 0 Å². The summed E-state index contributed by atoms with van der Waals surface area (Å²) >= 11 is 0. The molecule has 0 fully saturated rings. The highest BCUT2D eigenvalue weighted by molar-refractivity contribution is 5.91. The van der Waals surface area contributed by atoms with Crippen LogP contribution in [0.3, 0.4) is 0 Å². The van der Waals surface area contributed by atoms with Gasteiger partial charge in [0, 0.05) is 55.3 Å². The number of nitrogens with zero attached hydrogens (tertiary/aromatic N) is 4. The standard InChI is InChI=1S/C24H27N3O3.C16H19NO2.C8H10N2O2/c1-3-27-17-21(16-26-27)10-12-24(28)25-14-13-19-9-11-22(29-2)23(15-19)30-18-20-7-5-4-6-8-20;1-18-15-8-7-13(9-10-17)11-16(15)19-12-14-5-3-2-4-6-14;1-2-10-6-7(5-9-10)3-4-8(11)12/h4-12,15-17H,3,13-14,18H2,1-2H3,(H,25,28);2-8,11H,9-10,12,17H2,1H3;3-6H,2H2,1H3,(H,11,12)/b12-10+;;4-3+. The van der Waals surface area contributed by atoms with Gasteiger partial charge in [0.2, 0.25) is 5.91 Å². The Morgan fingerprint density at radius 2 is 1.13 bits per heavy atom. The number of aryl methyl sites for hydroxylation is 2. The Morgan fingerprint density at radius 3 is 1.56 bits per heavy atom. The van der Waals surface area contributed by atoms with Gasteiger partial charge in [0.25, 0.3) is 0 Å². The third-order valence-corrected chi connectivity index (χ3v) is 8.88. The van der Waals surface area contributed by atoms with E-state index in [9.17, 15) is 9.59 Å². The number of carbonyl (C=O) groups excluding carboxylic acids is 1. The summed E-state index contributed by atoms with van der Waals surface area (Å²) in [7, 11) is 3.27. The van der Waals surface area contributed by atoms with E-state index < -0.39 is 5.97 Å². The maximum Gasteiger partial charge on any atom is 0.328 e. The number of methoxy groups -OCH3 is 2. The van der Waals surface area contributed by atoms with Crippen molar-refractivity contribution in [2.24, 2.45) is 5.73 Å². The normalized spacial score (nSPS) is 10.6. The lowest BCUT2D eigenvalue weighted by Gasteiger charge is -2.12. The Balaban J connectivity index is 0.000000224. The van der Waals surface area contributed by atoms with Crippen molar-refractivity contribution in [3.63, 3.8) is 0 Å². The van der Waals surface area contributed by atoms with Crippen molar-refractivity contribution in [3.05, 3.63) is 167 Å². The van der Waals surface area contributed by atoms with Crippen LogP contribution in [0.4, 0.5) is 0 Å². The summed E-state index contributed by atoms with van der Waals surface area (Å²) in [5, 5.41) is 19.4. The van der Waals surface area contributed by atoms with Crippen molar-refractivity contribution in [3.8, 4) is 23.0 Å². The molecule has 1 amide bonds. The number of nitrogens with two attached hydrogens (primary N) is 1. The number of nitrogens with one attached hydrogen (secondary N) is 1. The van der Waals surface area contributed by atoms with Crippen molar-refractivity contribution in [1.82, 2.24) is 24.9 Å². The minimum atomic E-state index is -0.945. The van der Waals surface area contributed by atoms with Gasteiger partial charge in [-0.1, -0.05) is 72.8 Å². The topological polar surface area (TPSA) is 165 Å². The Morgan fingerprint density at radius 1 is 0.656 bits per heavy atom. The van der Waals surface area contributed by atoms with E-state index in [1.165, 1.54) is 12.2 Å². The molecule has 0 spiro atoms. The summed E-state index contributed by atoms with van der Waals surface area (Å²) in [5.41, 5.74) is 11.7. The number of rotatable bonds is 19. The van der Waals surface area contributed by atoms with Crippen LogP contribution in [0.25, 0.3) is 12.2 Å². The molecule has 0 saturated carbocycles. The summed E-state index contributed by atoms with van der Waals surface area (Å²) < 4.78 is 26.1. The molecule has 4 aromatic carbocycles. The molecule has 6 rings (SSSR count). The average Bonchev–Trinajstić information content (AvgIpc) is 3.97. The van der Waals surface area contributed by atoms with E-state index in [4.69, 9.17) is 29.8 Å². The molecule has 2 heterocycles. The highest BCUT2D eigenvalue weighted by Crippen LogP contribution is 2.30. The van der Waals surface area contributed by atoms with Crippen LogP contribution in [0.1, 0.15) is 47.2 Å². The van der Waals surface area contributed by atoms with Gasteiger partial charge in [0.05, 0.1) is 26.6 Å². The van der Waals surface area contributed by atoms with Gasteiger partial charge in [-0.2, -0.15) is 10.2 Å². The van der Waals surface area contributed by atoms with E-state index in [1.807, 2.05) is 122 Å². The molecule has 0 unspecified atom stereocenters. The second kappa shape index (κ2) is 26.1. The van der Waals surface area contributed by atoms with Crippen LogP contribution in [0.5, 0.6) is 23.0 Å². The van der Waals surface area contributed by atoms with Crippen LogP contribution in [-0.4, -0.2) is 63.9 Å². The number of carbonyl (C=O) groups is 2. The molecule has 6 aromatic rings. The zero-order chi connectivity index (χ0) is 43.7. The first kappa shape index (κ1) is 46.6. The highest BCUT2D eigenvalue weighted by Gasteiger charge is 2.08. The molecule has 0 bridgehead atoms. The summed E-state index contributed by atoms with van der Waals surface area (Å²) in [6.07, 6.45) is 14.5. The SMILES string of the molecule is CCn1cc(/C=C/C(=O)NCCc2ccc(OC)c(OCc3ccccc3)c2)cn1.CCn1cc(/C=C/C(=O)O)cn1.COc1ccc(CCN)cc1OCc1ccccc1. The summed E-state index contributed by atoms with van der Waals surface area (Å²) in [6.45, 7) is 7.74. The van der Waals surface area contributed by atoms with Crippen molar-refractivity contribution in [2.75, 3.05) is 27.3 Å². The van der Waals surface area contributed by atoms with Crippen molar-refractivity contribution in [1.29, 1.82) is 0 Å². The fourth-order valence-corrected chi connectivity index (χ4v) is 5.62. The number of aromatic nitrogens is 4. The first-order valence-corrected chi connectivity index (χ1v) is 20.0. The van der Waals surface area contributed by atoms with E-state index in [0.29, 0.717) is 44.2 Å². The number of hydrogen-bond donors (Lipinski definition) is 3. The van der Waals surface area contributed by atoms with Gasteiger partial charge in [-0.25, -0.2) is 4.79 Å². The van der Waals surface area contributed by atoms with E-state index in [-0.39, 0.29) is 5.91 Å². The molecular formula is C48H56N6O7. The average molecular weight is 829 g/mol. The Hall–Kier alpha value is -7.12. The Bertz CT molecular complexity index is 2270. The molecule has 2 aromatic heterocycles. The minimum Gasteiger partial charge on any atom is -0.493 e. The molecule has 0 saturated heterocycles. The second-order valence-electron chi connectivity index (χ2n) is 13.4. The lowest BCUT2D eigenvalue weighted by Crippen LogP contribution is -2.23. The Kier molecular flexibility index (Phi) is 19.9. The number of carboxylic acids is 1. The van der Waals surface area contributed by atoms with Gasteiger partial charge >= 0.3 is 5.97 Å². The maximum atomic E-state index is 12.0. The zero-order valence-electron chi connectivity index (χ0n) is 35.3. The molecule has 0 radical (unpaired) electrons. The van der Waals surface area contributed by atoms with E-state index in [0.717, 1.165) is 70.5 Å². The lowest BCUT2D eigenvalue weighted by atomic mass is 10.1.